The first-order chi connectivity index (χ1) is 7.72. The second-order valence-corrected chi connectivity index (χ2v) is 3.68. The molecule has 0 aromatic heterocycles. The third kappa shape index (κ3) is 4.75. The van der Waals surface area contributed by atoms with Crippen LogP contribution in [0.5, 0.6) is 0 Å². The first-order valence-electron chi connectivity index (χ1n) is 5.36. The highest BCUT2D eigenvalue weighted by Gasteiger charge is 1.99. The summed E-state index contributed by atoms with van der Waals surface area (Å²) in [5.74, 6) is 0.00225. The molecule has 0 saturated heterocycles. The van der Waals surface area contributed by atoms with Crippen molar-refractivity contribution >= 4 is 5.91 Å². The summed E-state index contributed by atoms with van der Waals surface area (Å²) in [5.41, 5.74) is 2.34. The Morgan fingerprint density at radius 3 is 2.69 bits per heavy atom. The molecule has 0 fully saturated rings. The SMILES string of the molecule is C=CCNCC(=O)NCc1ccc(C)cc1. The Labute approximate surface area is 96.6 Å². The molecule has 2 N–H and O–H groups in total. The Bertz CT molecular complexity index is 343. The minimum atomic E-state index is 0.00225. The van der Waals surface area contributed by atoms with E-state index < -0.39 is 0 Å². The highest BCUT2D eigenvalue weighted by atomic mass is 16.1. The van der Waals surface area contributed by atoms with E-state index in [0.29, 0.717) is 19.6 Å². The van der Waals surface area contributed by atoms with Crippen LogP contribution in [-0.4, -0.2) is 19.0 Å². The standard InChI is InChI=1S/C13H18N2O/c1-3-8-14-10-13(16)15-9-12-6-4-11(2)5-7-12/h3-7,14H,1,8-10H2,2H3,(H,15,16). The van der Waals surface area contributed by atoms with Crippen molar-refractivity contribution in [1.82, 2.24) is 10.6 Å². The van der Waals surface area contributed by atoms with Crippen LogP contribution in [0.15, 0.2) is 36.9 Å². The second-order valence-electron chi connectivity index (χ2n) is 3.68. The number of nitrogens with one attached hydrogen (secondary N) is 2. The topological polar surface area (TPSA) is 41.1 Å². The summed E-state index contributed by atoms with van der Waals surface area (Å²) in [5, 5.41) is 5.79. The fourth-order valence-corrected chi connectivity index (χ4v) is 1.26. The van der Waals surface area contributed by atoms with Crippen molar-refractivity contribution in [3.8, 4) is 0 Å². The van der Waals surface area contributed by atoms with Crippen LogP contribution >= 0.6 is 0 Å². The van der Waals surface area contributed by atoms with Gasteiger partial charge in [0.25, 0.3) is 0 Å². The monoisotopic (exact) mass is 218 g/mol. The Kier molecular flexibility index (Phi) is 5.29. The fraction of sp³-hybridized carbons (Fsp3) is 0.308. The lowest BCUT2D eigenvalue weighted by molar-refractivity contribution is -0.120. The number of amides is 1. The molecule has 0 aliphatic heterocycles. The largest absolute Gasteiger partial charge is 0.351 e. The van der Waals surface area contributed by atoms with Gasteiger partial charge in [0.05, 0.1) is 6.54 Å². The van der Waals surface area contributed by atoms with E-state index in [4.69, 9.17) is 0 Å². The second kappa shape index (κ2) is 6.80. The average molecular weight is 218 g/mol. The summed E-state index contributed by atoms with van der Waals surface area (Å²) in [7, 11) is 0. The first-order valence-corrected chi connectivity index (χ1v) is 5.36. The fourth-order valence-electron chi connectivity index (χ4n) is 1.26. The maximum Gasteiger partial charge on any atom is 0.234 e. The molecule has 3 heteroatoms. The van der Waals surface area contributed by atoms with Gasteiger partial charge in [0.2, 0.25) is 5.91 Å². The predicted octanol–water partition coefficient (Wildman–Crippen LogP) is 1.39. The third-order valence-electron chi connectivity index (χ3n) is 2.18. The summed E-state index contributed by atoms with van der Waals surface area (Å²) >= 11 is 0. The smallest absolute Gasteiger partial charge is 0.234 e. The number of benzene rings is 1. The van der Waals surface area contributed by atoms with Gasteiger partial charge >= 0.3 is 0 Å². The van der Waals surface area contributed by atoms with E-state index in [1.165, 1.54) is 5.56 Å². The van der Waals surface area contributed by atoms with Crippen molar-refractivity contribution in [1.29, 1.82) is 0 Å². The summed E-state index contributed by atoms with van der Waals surface area (Å²) in [6.45, 7) is 7.17. The Hall–Kier alpha value is -1.61. The van der Waals surface area contributed by atoms with E-state index in [9.17, 15) is 4.79 Å². The van der Waals surface area contributed by atoms with Crippen LogP contribution in [0.3, 0.4) is 0 Å². The lowest BCUT2D eigenvalue weighted by atomic mass is 10.1. The van der Waals surface area contributed by atoms with Gasteiger partial charge in [-0.2, -0.15) is 0 Å². The van der Waals surface area contributed by atoms with E-state index in [-0.39, 0.29) is 5.91 Å². The Balaban J connectivity index is 2.26. The molecule has 1 amide bonds. The molecule has 0 atom stereocenters. The van der Waals surface area contributed by atoms with Gasteiger partial charge in [0, 0.05) is 13.1 Å². The summed E-state index contributed by atoms with van der Waals surface area (Å²) in [4.78, 5) is 11.4. The minimum Gasteiger partial charge on any atom is -0.351 e. The zero-order chi connectivity index (χ0) is 11.8. The molecule has 0 aliphatic carbocycles. The molecule has 0 heterocycles. The van der Waals surface area contributed by atoms with Gasteiger partial charge < -0.3 is 10.6 Å². The van der Waals surface area contributed by atoms with Crippen molar-refractivity contribution in [2.24, 2.45) is 0 Å². The molecule has 1 aromatic rings. The molecule has 0 saturated carbocycles. The van der Waals surface area contributed by atoms with E-state index in [0.717, 1.165) is 5.56 Å². The third-order valence-corrected chi connectivity index (χ3v) is 2.18. The van der Waals surface area contributed by atoms with Crippen LogP contribution in [0, 0.1) is 6.92 Å². The number of carbonyl (C=O) groups is 1. The summed E-state index contributed by atoms with van der Waals surface area (Å²) in [6, 6.07) is 8.12. The molecule has 1 aromatic carbocycles. The zero-order valence-electron chi connectivity index (χ0n) is 9.62. The van der Waals surface area contributed by atoms with Gasteiger partial charge in [0.15, 0.2) is 0 Å². The van der Waals surface area contributed by atoms with Gasteiger partial charge in [-0.15, -0.1) is 6.58 Å². The molecule has 86 valence electrons. The van der Waals surface area contributed by atoms with Gasteiger partial charge in [-0.1, -0.05) is 35.9 Å². The van der Waals surface area contributed by atoms with Crippen molar-refractivity contribution < 1.29 is 4.79 Å². The summed E-state index contributed by atoms with van der Waals surface area (Å²) in [6.07, 6.45) is 1.73. The highest BCUT2D eigenvalue weighted by molar-refractivity contribution is 5.77. The minimum absolute atomic E-state index is 0.00225. The molecule has 0 aliphatic rings. The van der Waals surface area contributed by atoms with E-state index in [2.05, 4.69) is 17.2 Å². The van der Waals surface area contributed by atoms with Crippen molar-refractivity contribution in [2.45, 2.75) is 13.5 Å². The van der Waals surface area contributed by atoms with Gasteiger partial charge in [-0.3, -0.25) is 4.79 Å². The lowest BCUT2D eigenvalue weighted by Crippen LogP contribution is -2.33. The van der Waals surface area contributed by atoms with Crippen LogP contribution in [-0.2, 0) is 11.3 Å². The molecule has 0 bridgehead atoms. The molecule has 0 unspecified atom stereocenters. The normalized spacial score (nSPS) is 9.81. The molecule has 0 spiro atoms. The zero-order valence-corrected chi connectivity index (χ0v) is 9.62. The number of aryl methyl sites for hydroxylation is 1. The van der Waals surface area contributed by atoms with Gasteiger partial charge in [-0.25, -0.2) is 0 Å². The quantitative estimate of drug-likeness (QED) is 0.559. The number of hydrogen-bond acceptors (Lipinski definition) is 2. The van der Waals surface area contributed by atoms with Crippen molar-refractivity contribution in [3.05, 3.63) is 48.0 Å². The highest BCUT2D eigenvalue weighted by Crippen LogP contribution is 2.01. The molecular formula is C13H18N2O. The lowest BCUT2D eigenvalue weighted by Gasteiger charge is -2.05. The van der Waals surface area contributed by atoms with Gasteiger partial charge in [-0.05, 0) is 12.5 Å². The van der Waals surface area contributed by atoms with Crippen LogP contribution in [0.2, 0.25) is 0 Å². The van der Waals surface area contributed by atoms with Crippen LogP contribution in [0.25, 0.3) is 0 Å². The molecule has 1 rings (SSSR count). The Morgan fingerprint density at radius 1 is 1.38 bits per heavy atom. The van der Waals surface area contributed by atoms with E-state index in [1.807, 2.05) is 31.2 Å². The predicted molar refractivity (Wildman–Crippen MR) is 66.1 cm³/mol. The van der Waals surface area contributed by atoms with Crippen LogP contribution in [0.1, 0.15) is 11.1 Å². The van der Waals surface area contributed by atoms with Crippen molar-refractivity contribution in [2.75, 3.05) is 13.1 Å². The maximum absolute atomic E-state index is 11.4. The van der Waals surface area contributed by atoms with Gasteiger partial charge in [0.1, 0.15) is 0 Å². The first kappa shape index (κ1) is 12.5. The number of rotatable bonds is 6. The number of hydrogen-bond donors (Lipinski definition) is 2. The van der Waals surface area contributed by atoms with E-state index in [1.54, 1.807) is 6.08 Å². The van der Waals surface area contributed by atoms with E-state index >= 15 is 0 Å². The molecule has 3 nitrogen and oxygen atoms in total. The van der Waals surface area contributed by atoms with Crippen molar-refractivity contribution in [3.63, 3.8) is 0 Å². The molecule has 0 radical (unpaired) electrons. The van der Waals surface area contributed by atoms with Crippen LogP contribution in [0.4, 0.5) is 0 Å². The summed E-state index contributed by atoms with van der Waals surface area (Å²) < 4.78 is 0. The number of carbonyl (C=O) groups excluding carboxylic acids is 1. The Morgan fingerprint density at radius 2 is 2.06 bits per heavy atom. The molecular weight excluding hydrogens is 200 g/mol. The molecule has 16 heavy (non-hydrogen) atoms. The maximum atomic E-state index is 11.4. The van der Waals surface area contributed by atoms with Crippen LogP contribution < -0.4 is 10.6 Å². The average Bonchev–Trinajstić information content (AvgIpc) is 2.29.